The number of hydrogen-bond donors (Lipinski definition) is 1. The Morgan fingerprint density at radius 1 is 1.10 bits per heavy atom. The zero-order valence-electron chi connectivity index (χ0n) is 14.1. The van der Waals surface area contributed by atoms with Crippen molar-refractivity contribution in [3.05, 3.63) is 29.8 Å². The predicted octanol–water partition coefficient (Wildman–Crippen LogP) is 4.52. The van der Waals surface area contributed by atoms with Gasteiger partial charge in [0.25, 0.3) is 0 Å². The molecule has 1 aliphatic carbocycles. The minimum Gasteiger partial charge on any atom is -0.367 e. The molecular formula is C19H32N2. The largest absolute Gasteiger partial charge is 0.367 e. The maximum Gasteiger partial charge on any atom is 0.0443 e. The number of nitrogens with one attached hydrogen (secondary N) is 1. The summed E-state index contributed by atoms with van der Waals surface area (Å²) in [7, 11) is 0. The molecule has 2 heteroatoms. The van der Waals surface area contributed by atoms with Crippen LogP contribution in [0.1, 0.15) is 57.9 Å². The van der Waals surface area contributed by atoms with Crippen LogP contribution in [0.25, 0.3) is 0 Å². The molecule has 1 aromatic rings. The molecule has 0 heterocycles. The third-order valence-corrected chi connectivity index (χ3v) is 4.80. The Hall–Kier alpha value is -1.02. The first kappa shape index (κ1) is 16.4. The lowest BCUT2D eigenvalue weighted by molar-refractivity contribution is 0.390. The van der Waals surface area contributed by atoms with Crippen LogP contribution in [0.4, 0.5) is 5.69 Å². The Bertz CT molecular complexity index is 416. The molecule has 2 unspecified atom stereocenters. The number of benzene rings is 1. The second-order valence-electron chi connectivity index (χ2n) is 6.34. The van der Waals surface area contributed by atoms with Crippen LogP contribution >= 0.6 is 0 Å². The summed E-state index contributed by atoms with van der Waals surface area (Å²) in [5.41, 5.74) is 2.83. The highest BCUT2D eigenvalue weighted by Crippen LogP contribution is 2.29. The molecule has 0 aromatic heterocycles. The molecule has 0 bridgehead atoms. The fourth-order valence-electron chi connectivity index (χ4n) is 3.70. The molecule has 0 radical (unpaired) electrons. The van der Waals surface area contributed by atoms with Gasteiger partial charge in [-0.25, -0.2) is 0 Å². The fourth-order valence-corrected chi connectivity index (χ4v) is 3.70. The van der Waals surface area contributed by atoms with Gasteiger partial charge in [0, 0.05) is 24.3 Å². The molecule has 2 atom stereocenters. The topological polar surface area (TPSA) is 15.3 Å². The second kappa shape index (κ2) is 8.43. The Morgan fingerprint density at radius 2 is 1.86 bits per heavy atom. The van der Waals surface area contributed by atoms with E-state index in [4.69, 9.17) is 0 Å². The van der Waals surface area contributed by atoms with Gasteiger partial charge >= 0.3 is 0 Å². The average Bonchev–Trinajstić information content (AvgIpc) is 2.73. The maximum atomic E-state index is 3.82. The molecular weight excluding hydrogens is 256 g/mol. The van der Waals surface area contributed by atoms with Crippen LogP contribution in [0.15, 0.2) is 24.3 Å². The van der Waals surface area contributed by atoms with Crippen LogP contribution in [-0.2, 0) is 0 Å². The summed E-state index contributed by atoms with van der Waals surface area (Å²) in [6.07, 6.45) is 8.02. The van der Waals surface area contributed by atoms with Crippen molar-refractivity contribution in [1.82, 2.24) is 5.32 Å². The zero-order valence-corrected chi connectivity index (χ0v) is 14.1. The smallest absolute Gasteiger partial charge is 0.0443 e. The minimum absolute atomic E-state index is 0.644. The van der Waals surface area contributed by atoms with Crippen molar-refractivity contribution in [3.63, 3.8) is 0 Å². The Morgan fingerprint density at radius 3 is 2.57 bits per heavy atom. The summed E-state index contributed by atoms with van der Waals surface area (Å²) < 4.78 is 0. The molecule has 1 aliphatic rings. The SMILES string of the molecule is CCCNC1CCCCCC1N(CC)c1ccccc1C. The third kappa shape index (κ3) is 4.23. The van der Waals surface area contributed by atoms with E-state index in [9.17, 15) is 0 Å². The number of nitrogens with zero attached hydrogens (tertiary/aromatic N) is 1. The Balaban J connectivity index is 2.21. The summed E-state index contributed by atoms with van der Waals surface area (Å²) in [5, 5.41) is 3.82. The van der Waals surface area contributed by atoms with E-state index < -0.39 is 0 Å². The van der Waals surface area contributed by atoms with Gasteiger partial charge in [-0.3, -0.25) is 0 Å². The van der Waals surface area contributed by atoms with Gasteiger partial charge in [-0.15, -0.1) is 0 Å². The van der Waals surface area contributed by atoms with E-state index in [2.05, 4.69) is 55.3 Å². The van der Waals surface area contributed by atoms with E-state index in [1.165, 1.54) is 49.8 Å². The number of hydrogen-bond acceptors (Lipinski definition) is 2. The van der Waals surface area contributed by atoms with Crippen molar-refractivity contribution in [2.45, 2.75) is 71.4 Å². The lowest BCUT2D eigenvalue weighted by atomic mass is 9.99. The first-order valence-corrected chi connectivity index (χ1v) is 8.83. The molecule has 0 amide bonds. The molecule has 0 spiro atoms. The van der Waals surface area contributed by atoms with Crippen molar-refractivity contribution in [2.75, 3.05) is 18.0 Å². The summed E-state index contributed by atoms with van der Waals surface area (Å²) in [6, 6.07) is 10.1. The highest BCUT2D eigenvalue weighted by atomic mass is 15.2. The highest BCUT2D eigenvalue weighted by Gasteiger charge is 2.28. The van der Waals surface area contributed by atoms with E-state index in [1.54, 1.807) is 0 Å². The Labute approximate surface area is 130 Å². The van der Waals surface area contributed by atoms with Crippen molar-refractivity contribution in [3.8, 4) is 0 Å². The van der Waals surface area contributed by atoms with Crippen molar-refractivity contribution >= 4 is 5.69 Å². The van der Waals surface area contributed by atoms with Gasteiger partial charge in [0.2, 0.25) is 0 Å². The van der Waals surface area contributed by atoms with Gasteiger partial charge in [0.15, 0.2) is 0 Å². The third-order valence-electron chi connectivity index (χ3n) is 4.80. The second-order valence-corrected chi connectivity index (χ2v) is 6.34. The lowest BCUT2D eigenvalue weighted by Gasteiger charge is -2.38. The molecule has 2 nitrogen and oxygen atoms in total. The molecule has 1 saturated carbocycles. The van der Waals surface area contributed by atoms with Gasteiger partial charge in [-0.2, -0.15) is 0 Å². The van der Waals surface area contributed by atoms with Crippen molar-refractivity contribution in [1.29, 1.82) is 0 Å². The molecule has 1 aromatic carbocycles. The molecule has 0 aliphatic heterocycles. The van der Waals surface area contributed by atoms with Crippen molar-refractivity contribution < 1.29 is 0 Å². The van der Waals surface area contributed by atoms with Gasteiger partial charge in [0.1, 0.15) is 0 Å². The van der Waals surface area contributed by atoms with Crippen LogP contribution in [0.2, 0.25) is 0 Å². The number of rotatable bonds is 6. The summed E-state index contributed by atoms with van der Waals surface area (Å²) in [6.45, 7) is 9.04. The molecule has 1 fully saturated rings. The number of para-hydroxylation sites is 1. The van der Waals surface area contributed by atoms with E-state index in [0.717, 1.165) is 13.1 Å². The molecule has 0 saturated heterocycles. The zero-order chi connectivity index (χ0) is 15.1. The molecule has 1 N–H and O–H groups in total. The van der Waals surface area contributed by atoms with Gasteiger partial charge in [-0.1, -0.05) is 44.4 Å². The number of anilines is 1. The normalized spacial score (nSPS) is 22.8. The van der Waals surface area contributed by atoms with Crippen LogP contribution in [0.3, 0.4) is 0 Å². The molecule has 118 valence electrons. The quantitative estimate of drug-likeness (QED) is 0.774. The number of aryl methyl sites for hydroxylation is 1. The summed E-state index contributed by atoms with van der Waals surface area (Å²) >= 11 is 0. The lowest BCUT2D eigenvalue weighted by Crippen LogP contribution is -2.50. The number of likely N-dealkylation sites (N-methyl/N-ethyl adjacent to an activating group) is 1. The summed E-state index contributed by atoms with van der Waals surface area (Å²) in [5.74, 6) is 0. The van der Waals surface area contributed by atoms with Gasteiger partial charge < -0.3 is 10.2 Å². The Kier molecular flexibility index (Phi) is 6.56. The standard InChI is InChI=1S/C19H32N2/c1-4-15-20-17-12-7-6-8-14-19(17)21(5-2)18-13-10-9-11-16(18)3/h9-11,13,17,19-20H,4-8,12,14-15H2,1-3H3. The van der Waals surface area contributed by atoms with Crippen LogP contribution in [-0.4, -0.2) is 25.2 Å². The predicted molar refractivity (Wildman–Crippen MR) is 93.2 cm³/mol. The highest BCUT2D eigenvalue weighted by molar-refractivity contribution is 5.54. The van der Waals surface area contributed by atoms with E-state index in [1.807, 2.05) is 0 Å². The van der Waals surface area contributed by atoms with E-state index in [-0.39, 0.29) is 0 Å². The first-order chi connectivity index (χ1) is 10.3. The van der Waals surface area contributed by atoms with Crippen LogP contribution in [0, 0.1) is 6.92 Å². The fraction of sp³-hybridized carbons (Fsp3) is 0.684. The minimum atomic E-state index is 0.644. The monoisotopic (exact) mass is 288 g/mol. The molecule has 2 rings (SSSR count). The maximum absolute atomic E-state index is 3.82. The van der Waals surface area contributed by atoms with Crippen LogP contribution in [0.5, 0.6) is 0 Å². The van der Waals surface area contributed by atoms with E-state index >= 15 is 0 Å². The average molecular weight is 288 g/mol. The summed E-state index contributed by atoms with van der Waals surface area (Å²) in [4.78, 5) is 2.65. The van der Waals surface area contributed by atoms with Crippen molar-refractivity contribution in [2.24, 2.45) is 0 Å². The first-order valence-electron chi connectivity index (χ1n) is 8.83. The molecule has 21 heavy (non-hydrogen) atoms. The van der Waals surface area contributed by atoms with Crippen LogP contribution < -0.4 is 10.2 Å². The van der Waals surface area contributed by atoms with Gasteiger partial charge in [-0.05, 0) is 51.3 Å². The van der Waals surface area contributed by atoms with Gasteiger partial charge in [0.05, 0.1) is 0 Å². The van der Waals surface area contributed by atoms with E-state index in [0.29, 0.717) is 12.1 Å².